The van der Waals surface area contributed by atoms with Gasteiger partial charge >= 0.3 is 0 Å². The van der Waals surface area contributed by atoms with E-state index >= 15 is 0 Å². The van der Waals surface area contributed by atoms with Gasteiger partial charge in [-0.1, -0.05) is 6.42 Å². The maximum absolute atomic E-state index is 11.2. The molecule has 0 aromatic heterocycles. The number of aliphatic hydroxyl groups excluding tert-OH is 1. The first-order valence-corrected chi connectivity index (χ1v) is 4.48. The number of hydrogen-bond acceptors (Lipinski definition) is 2. The van der Waals surface area contributed by atoms with Crippen LogP contribution in [-0.4, -0.2) is 17.5 Å². The Morgan fingerprint density at radius 2 is 2.27 bits per heavy atom. The van der Waals surface area contributed by atoms with Crippen molar-refractivity contribution in [3.8, 4) is 0 Å². The van der Waals surface area contributed by atoms with Crippen LogP contribution < -0.4 is 0 Å². The van der Waals surface area contributed by atoms with Gasteiger partial charge in [-0.25, -0.2) is 0 Å². The lowest BCUT2D eigenvalue weighted by atomic mass is 9.85. The zero-order valence-electron chi connectivity index (χ0n) is 6.88. The van der Waals surface area contributed by atoms with Gasteiger partial charge in [-0.05, 0) is 25.7 Å². The fraction of sp³-hybridized carbons (Fsp3) is 0.889. The van der Waals surface area contributed by atoms with Crippen LogP contribution in [-0.2, 0) is 4.79 Å². The molecule has 0 radical (unpaired) electrons. The van der Waals surface area contributed by atoms with Crippen LogP contribution in [0.4, 0.5) is 0 Å². The van der Waals surface area contributed by atoms with Crippen LogP contribution >= 0.6 is 0 Å². The second-order valence-electron chi connectivity index (χ2n) is 3.27. The molecule has 11 heavy (non-hydrogen) atoms. The molecule has 1 atom stereocenters. The predicted octanol–water partition coefficient (Wildman–Crippen LogP) is 1.52. The average Bonchev–Trinajstić information content (AvgIpc) is 2.03. The Bertz CT molecular complexity index is 132. The molecule has 64 valence electrons. The number of carbonyl (C=O) groups is 1. The van der Waals surface area contributed by atoms with Crippen molar-refractivity contribution in [3.05, 3.63) is 0 Å². The summed E-state index contributed by atoms with van der Waals surface area (Å²) in [6.07, 6.45) is 5.79. The standard InChI is InChI=1S/C9H16O2/c10-7-3-5-8-4-1-2-6-9(8)11/h8,10H,1-7H2. The highest BCUT2D eigenvalue weighted by molar-refractivity contribution is 5.81. The van der Waals surface area contributed by atoms with E-state index in [1.165, 1.54) is 6.42 Å². The first kappa shape index (κ1) is 8.72. The van der Waals surface area contributed by atoms with E-state index in [0.29, 0.717) is 5.78 Å². The van der Waals surface area contributed by atoms with Crippen LogP contribution in [0.15, 0.2) is 0 Å². The fourth-order valence-electron chi connectivity index (χ4n) is 1.70. The lowest BCUT2D eigenvalue weighted by molar-refractivity contribution is -0.124. The number of ketones is 1. The summed E-state index contributed by atoms with van der Waals surface area (Å²) in [5, 5.41) is 8.57. The SMILES string of the molecule is O=C1CCCCC1CCCO. The third-order valence-electron chi connectivity index (χ3n) is 2.39. The van der Waals surface area contributed by atoms with E-state index in [2.05, 4.69) is 0 Å². The van der Waals surface area contributed by atoms with Gasteiger partial charge < -0.3 is 5.11 Å². The van der Waals surface area contributed by atoms with Gasteiger partial charge in [0.05, 0.1) is 0 Å². The molecule has 0 heterocycles. The molecular weight excluding hydrogens is 140 g/mol. The second kappa shape index (κ2) is 4.50. The maximum atomic E-state index is 11.2. The molecule has 1 unspecified atom stereocenters. The lowest BCUT2D eigenvalue weighted by Gasteiger charge is -2.19. The van der Waals surface area contributed by atoms with Crippen LogP contribution in [0.1, 0.15) is 38.5 Å². The third kappa shape index (κ3) is 2.62. The average molecular weight is 156 g/mol. The highest BCUT2D eigenvalue weighted by atomic mass is 16.2. The van der Waals surface area contributed by atoms with E-state index in [0.717, 1.165) is 32.1 Å². The van der Waals surface area contributed by atoms with E-state index < -0.39 is 0 Å². The third-order valence-corrected chi connectivity index (χ3v) is 2.39. The van der Waals surface area contributed by atoms with Gasteiger partial charge in [0.1, 0.15) is 5.78 Å². The predicted molar refractivity (Wildman–Crippen MR) is 43.3 cm³/mol. The van der Waals surface area contributed by atoms with Gasteiger partial charge in [0, 0.05) is 18.9 Å². The van der Waals surface area contributed by atoms with Crippen LogP contribution in [0.3, 0.4) is 0 Å². The summed E-state index contributed by atoms with van der Waals surface area (Å²) < 4.78 is 0. The number of rotatable bonds is 3. The van der Waals surface area contributed by atoms with Gasteiger partial charge in [0.25, 0.3) is 0 Å². The molecule has 1 saturated carbocycles. The minimum Gasteiger partial charge on any atom is -0.396 e. The molecular formula is C9H16O2. The normalized spacial score (nSPS) is 25.5. The van der Waals surface area contributed by atoms with E-state index in [4.69, 9.17) is 5.11 Å². The van der Waals surface area contributed by atoms with Crippen molar-refractivity contribution >= 4 is 5.78 Å². The first-order chi connectivity index (χ1) is 5.34. The number of hydrogen-bond donors (Lipinski definition) is 1. The Balaban J connectivity index is 2.24. The van der Waals surface area contributed by atoms with Crippen LogP contribution in [0.5, 0.6) is 0 Å². The summed E-state index contributed by atoms with van der Waals surface area (Å²) in [6.45, 7) is 0.226. The quantitative estimate of drug-likeness (QED) is 0.672. The van der Waals surface area contributed by atoms with Crippen molar-refractivity contribution < 1.29 is 9.90 Å². The van der Waals surface area contributed by atoms with E-state index in [1.807, 2.05) is 0 Å². The highest BCUT2D eigenvalue weighted by Gasteiger charge is 2.20. The van der Waals surface area contributed by atoms with Gasteiger partial charge in [0.2, 0.25) is 0 Å². The molecule has 1 N–H and O–H groups in total. The van der Waals surface area contributed by atoms with Crippen molar-refractivity contribution in [2.24, 2.45) is 5.92 Å². The van der Waals surface area contributed by atoms with Crippen LogP contribution in [0, 0.1) is 5.92 Å². The number of carbonyl (C=O) groups excluding carboxylic acids is 1. The molecule has 0 aliphatic heterocycles. The Morgan fingerprint density at radius 1 is 1.45 bits per heavy atom. The molecule has 1 rings (SSSR count). The van der Waals surface area contributed by atoms with Gasteiger partial charge in [0.15, 0.2) is 0 Å². The first-order valence-electron chi connectivity index (χ1n) is 4.48. The molecule has 0 spiro atoms. The molecule has 0 aromatic rings. The summed E-state index contributed by atoms with van der Waals surface area (Å²) in [5.74, 6) is 0.695. The molecule has 0 aromatic carbocycles. The van der Waals surface area contributed by atoms with Crippen LogP contribution in [0.25, 0.3) is 0 Å². The van der Waals surface area contributed by atoms with E-state index in [-0.39, 0.29) is 12.5 Å². The minimum atomic E-state index is 0.226. The summed E-state index contributed by atoms with van der Waals surface area (Å²) in [7, 11) is 0. The van der Waals surface area contributed by atoms with Crippen LogP contribution in [0.2, 0.25) is 0 Å². The zero-order chi connectivity index (χ0) is 8.10. The fourth-order valence-corrected chi connectivity index (χ4v) is 1.70. The van der Waals surface area contributed by atoms with Gasteiger partial charge in [-0.15, -0.1) is 0 Å². The summed E-state index contributed by atoms with van der Waals surface area (Å²) in [5.41, 5.74) is 0. The molecule has 1 fully saturated rings. The Kier molecular flexibility index (Phi) is 3.57. The lowest BCUT2D eigenvalue weighted by Crippen LogP contribution is -2.19. The monoisotopic (exact) mass is 156 g/mol. The molecule has 0 saturated heterocycles. The number of aliphatic hydroxyl groups is 1. The maximum Gasteiger partial charge on any atom is 0.135 e. The Morgan fingerprint density at radius 3 is 2.91 bits per heavy atom. The second-order valence-corrected chi connectivity index (χ2v) is 3.27. The Hall–Kier alpha value is -0.370. The molecule has 2 heteroatoms. The van der Waals surface area contributed by atoms with Crippen molar-refractivity contribution in [1.29, 1.82) is 0 Å². The summed E-state index contributed by atoms with van der Waals surface area (Å²) >= 11 is 0. The topological polar surface area (TPSA) is 37.3 Å². The van der Waals surface area contributed by atoms with Crippen molar-refractivity contribution in [2.75, 3.05) is 6.61 Å². The largest absolute Gasteiger partial charge is 0.396 e. The molecule has 2 nitrogen and oxygen atoms in total. The molecule has 1 aliphatic rings. The Labute approximate surface area is 67.6 Å². The van der Waals surface area contributed by atoms with Gasteiger partial charge in [-0.2, -0.15) is 0 Å². The highest BCUT2D eigenvalue weighted by Crippen LogP contribution is 2.23. The molecule has 0 amide bonds. The van der Waals surface area contributed by atoms with E-state index in [1.54, 1.807) is 0 Å². The summed E-state index contributed by atoms with van der Waals surface area (Å²) in [6, 6.07) is 0. The smallest absolute Gasteiger partial charge is 0.135 e. The van der Waals surface area contributed by atoms with Crippen molar-refractivity contribution in [3.63, 3.8) is 0 Å². The molecule has 1 aliphatic carbocycles. The zero-order valence-corrected chi connectivity index (χ0v) is 6.88. The van der Waals surface area contributed by atoms with Crippen molar-refractivity contribution in [1.82, 2.24) is 0 Å². The van der Waals surface area contributed by atoms with E-state index in [9.17, 15) is 4.79 Å². The van der Waals surface area contributed by atoms with Gasteiger partial charge in [-0.3, -0.25) is 4.79 Å². The van der Waals surface area contributed by atoms with Crippen molar-refractivity contribution in [2.45, 2.75) is 38.5 Å². The summed E-state index contributed by atoms with van der Waals surface area (Å²) in [4.78, 5) is 11.2. The number of Topliss-reactive ketones (excluding diaryl/α,β-unsaturated/α-hetero) is 1. The molecule has 0 bridgehead atoms. The minimum absolute atomic E-state index is 0.226.